The highest BCUT2D eigenvalue weighted by Crippen LogP contribution is 2.31. The molecule has 0 bridgehead atoms. The number of carbonyl (C=O) groups is 2. The summed E-state index contributed by atoms with van der Waals surface area (Å²) >= 11 is 0. The van der Waals surface area contributed by atoms with Gasteiger partial charge in [0.05, 0.1) is 35.7 Å². The van der Waals surface area contributed by atoms with E-state index >= 15 is 0 Å². The number of nitrogens with zero attached hydrogens (tertiary/aromatic N) is 4. The molecular formula is C27H30N4O5S. The molecule has 2 aliphatic rings. The molecule has 2 aromatic carbocycles. The first-order valence-corrected chi connectivity index (χ1v) is 14.0. The van der Waals surface area contributed by atoms with Gasteiger partial charge in [-0.2, -0.15) is 5.10 Å². The summed E-state index contributed by atoms with van der Waals surface area (Å²) in [6.45, 7) is 3.70. The number of hydrogen-bond acceptors (Lipinski definition) is 6. The van der Waals surface area contributed by atoms with Crippen LogP contribution < -0.4 is 9.64 Å². The highest BCUT2D eigenvalue weighted by molar-refractivity contribution is 7.91. The molecule has 0 fully saturated rings. The zero-order valence-corrected chi connectivity index (χ0v) is 21.8. The zero-order valence-electron chi connectivity index (χ0n) is 21.0. The fraction of sp³-hybridized carbons (Fsp3) is 0.370. The first-order valence-electron chi connectivity index (χ1n) is 12.4. The van der Waals surface area contributed by atoms with E-state index in [4.69, 9.17) is 9.84 Å². The summed E-state index contributed by atoms with van der Waals surface area (Å²) in [6, 6.07) is 14.5. The number of fused-ring (bicyclic) bond motifs is 2. The van der Waals surface area contributed by atoms with Crippen LogP contribution in [0.5, 0.6) is 5.75 Å². The average Bonchev–Trinajstić information content (AvgIpc) is 3.45. The van der Waals surface area contributed by atoms with Crippen molar-refractivity contribution in [3.8, 4) is 17.0 Å². The van der Waals surface area contributed by atoms with Gasteiger partial charge in [0.25, 0.3) is 0 Å². The summed E-state index contributed by atoms with van der Waals surface area (Å²) in [5, 5.41) is 4.72. The Morgan fingerprint density at radius 3 is 2.54 bits per heavy atom. The molecule has 0 saturated heterocycles. The third-order valence-corrected chi connectivity index (χ3v) is 8.74. The molecule has 0 saturated carbocycles. The molecule has 3 aromatic rings. The molecule has 0 N–H and O–H groups in total. The van der Waals surface area contributed by atoms with Crippen LogP contribution in [-0.4, -0.2) is 60.9 Å². The van der Waals surface area contributed by atoms with E-state index in [1.807, 2.05) is 35.0 Å². The van der Waals surface area contributed by atoms with Crippen LogP contribution in [0.4, 0.5) is 5.69 Å². The van der Waals surface area contributed by atoms with Crippen molar-refractivity contribution in [2.45, 2.75) is 44.2 Å². The topological polar surface area (TPSA) is 102 Å². The number of methoxy groups -OCH3 is 1. The number of hydrogen-bond donors (Lipinski definition) is 0. The number of carbonyl (C=O) groups excluding carboxylic acids is 2. The Balaban J connectivity index is 1.25. The highest BCUT2D eigenvalue weighted by Gasteiger charge is 2.27. The fourth-order valence-electron chi connectivity index (χ4n) is 4.97. The van der Waals surface area contributed by atoms with Crippen LogP contribution >= 0.6 is 0 Å². The molecule has 0 spiro atoms. The highest BCUT2D eigenvalue weighted by atomic mass is 32.2. The molecule has 0 atom stereocenters. The van der Waals surface area contributed by atoms with Crippen molar-refractivity contribution in [3.63, 3.8) is 0 Å². The van der Waals surface area contributed by atoms with Crippen LogP contribution in [0.25, 0.3) is 11.3 Å². The minimum Gasteiger partial charge on any atom is -0.497 e. The van der Waals surface area contributed by atoms with Crippen LogP contribution in [0.1, 0.15) is 31.0 Å². The molecule has 3 heterocycles. The summed E-state index contributed by atoms with van der Waals surface area (Å²) in [5.74, 6) is 0.269. The smallest absolute Gasteiger partial charge is 0.223 e. The molecule has 0 aliphatic carbocycles. The lowest BCUT2D eigenvalue weighted by Crippen LogP contribution is -2.32. The summed E-state index contributed by atoms with van der Waals surface area (Å²) < 4.78 is 33.2. The quantitative estimate of drug-likeness (QED) is 0.493. The number of anilines is 1. The predicted molar refractivity (Wildman–Crippen MR) is 139 cm³/mol. The van der Waals surface area contributed by atoms with Crippen LogP contribution in [0.3, 0.4) is 0 Å². The van der Waals surface area contributed by atoms with Crippen molar-refractivity contribution in [2.24, 2.45) is 0 Å². The number of amides is 2. The van der Waals surface area contributed by atoms with Gasteiger partial charge in [0.15, 0.2) is 9.84 Å². The first kappa shape index (κ1) is 25.0. The van der Waals surface area contributed by atoms with Crippen molar-refractivity contribution >= 4 is 27.3 Å². The van der Waals surface area contributed by atoms with Crippen molar-refractivity contribution in [1.29, 1.82) is 0 Å². The third-order valence-electron chi connectivity index (χ3n) is 7.02. The van der Waals surface area contributed by atoms with Gasteiger partial charge in [-0.25, -0.2) is 8.42 Å². The molecule has 37 heavy (non-hydrogen) atoms. The minimum absolute atomic E-state index is 0.0603. The lowest BCUT2D eigenvalue weighted by molar-refractivity contribution is -0.131. The maximum absolute atomic E-state index is 13.1. The second-order valence-electron chi connectivity index (χ2n) is 9.42. The first-order chi connectivity index (χ1) is 17.7. The average molecular weight is 523 g/mol. The fourth-order valence-corrected chi connectivity index (χ4v) is 6.25. The van der Waals surface area contributed by atoms with E-state index in [0.717, 1.165) is 40.4 Å². The Morgan fingerprint density at radius 2 is 1.81 bits per heavy atom. The standard InChI is InChI=1S/C27H30N4O5S/c1-19(32)30-14-10-21-16-24(8-9-26(21)30)37(34,35)15-11-27(33)29-12-3-13-31-22(18-29)17-25(28-31)20-4-6-23(36-2)7-5-20/h4-9,16-17H,3,10-15,18H2,1-2H3. The number of sulfone groups is 1. The van der Waals surface area contributed by atoms with E-state index < -0.39 is 9.84 Å². The molecule has 1 aromatic heterocycles. The molecule has 10 heteroatoms. The molecule has 0 unspecified atom stereocenters. The van der Waals surface area contributed by atoms with Gasteiger partial charge in [0.2, 0.25) is 11.8 Å². The van der Waals surface area contributed by atoms with Gasteiger partial charge < -0.3 is 14.5 Å². The second kappa shape index (κ2) is 10.0. The number of ether oxygens (including phenoxy) is 1. The molecule has 5 rings (SSSR count). The summed E-state index contributed by atoms with van der Waals surface area (Å²) in [5.41, 5.74) is 4.32. The van der Waals surface area contributed by atoms with Crippen molar-refractivity contribution < 1.29 is 22.7 Å². The van der Waals surface area contributed by atoms with E-state index in [0.29, 0.717) is 32.6 Å². The van der Waals surface area contributed by atoms with E-state index in [-0.39, 0.29) is 28.9 Å². The Morgan fingerprint density at radius 1 is 1.03 bits per heavy atom. The third kappa shape index (κ3) is 5.11. The largest absolute Gasteiger partial charge is 0.497 e. The number of rotatable bonds is 6. The van der Waals surface area contributed by atoms with Crippen molar-refractivity contribution in [3.05, 3.63) is 59.8 Å². The Labute approximate surface area is 216 Å². The predicted octanol–water partition coefficient (Wildman–Crippen LogP) is 3.06. The molecule has 0 radical (unpaired) electrons. The maximum atomic E-state index is 13.1. The lowest BCUT2D eigenvalue weighted by atomic mass is 10.1. The van der Waals surface area contributed by atoms with Gasteiger partial charge >= 0.3 is 0 Å². The molecule has 9 nitrogen and oxygen atoms in total. The van der Waals surface area contributed by atoms with Gasteiger partial charge in [-0.3, -0.25) is 14.3 Å². The van der Waals surface area contributed by atoms with Gasteiger partial charge in [0, 0.05) is 44.2 Å². The Kier molecular flexibility index (Phi) is 6.76. The molecule has 2 aliphatic heterocycles. The molecule has 2 amide bonds. The van der Waals surface area contributed by atoms with Gasteiger partial charge in [0.1, 0.15) is 5.75 Å². The van der Waals surface area contributed by atoms with Crippen LogP contribution in [0.15, 0.2) is 53.4 Å². The summed E-state index contributed by atoms with van der Waals surface area (Å²) in [6.07, 6.45) is 1.28. The van der Waals surface area contributed by atoms with Gasteiger partial charge in [-0.05, 0) is 66.9 Å². The molecule has 194 valence electrons. The van der Waals surface area contributed by atoms with E-state index in [2.05, 4.69) is 0 Å². The van der Waals surface area contributed by atoms with E-state index in [9.17, 15) is 18.0 Å². The van der Waals surface area contributed by atoms with E-state index in [1.54, 1.807) is 29.0 Å². The van der Waals surface area contributed by atoms with E-state index in [1.165, 1.54) is 13.0 Å². The van der Waals surface area contributed by atoms with Gasteiger partial charge in [-0.1, -0.05) is 0 Å². The number of aryl methyl sites for hydroxylation is 1. The second-order valence-corrected chi connectivity index (χ2v) is 11.5. The van der Waals surface area contributed by atoms with Crippen LogP contribution in [0.2, 0.25) is 0 Å². The Hall–Kier alpha value is -3.66. The monoisotopic (exact) mass is 522 g/mol. The summed E-state index contributed by atoms with van der Waals surface area (Å²) in [7, 11) is -2.01. The lowest BCUT2D eigenvalue weighted by Gasteiger charge is -2.20. The minimum atomic E-state index is -3.64. The Bertz CT molecular complexity index is 1450. The summed E-state index contributed by atoms with van der Waals surface area (Å²) in [4.78, 5) is 28.4. The van der Waals surface area contributed by atoms with Crippen LogP contribution in [-0.2, 0) is 38.9 Å². The zero-order chi connectivity index (χ0) is 26.2. The number of benzene rings is 2. The van der Waals surface area contributed by atoms with Crippen molar-refractivity contribution in [2.75, 3.05) is 30.9 Å². The normalized spacial score (nSPS) is 15.2. The molecular weight excluding hydrogens is 492 g/mol. The maximum Gasteiger partial charge on any atom is 0.223 e. The van der Waals surface area contributed by atoms with Gasteiger partial charge in [-0.15, -0.1) is 0 Å². The van der Waals surface area contributed by atoms with Crippen LogP contribution in [0, 0.1) is 0 Å². The van der Waals surface area contributed by atoms with Crippen molar-refractivity contribution in [1.82, 2.24) is 14.7 Å². The number of aromatic nitrogens is 2. The SMILES string of the molecule is COc1ccc(-c2cc3n(n2)CCCN(C(=O)CCS(=O)(=O)c2ccc4c(c2)CCN4C(C)=O)C3)cc1.